The highest BCUT2D eigenvalue weighted by Crippen LogP contribution is 2.22. The van der Waals surface area contributed by atoms with E-state index in [4.69, 9.17) is 4.52 Å². The number of aromatic nitrogens is 1. The zero-order valence-electron chi connectivity index (χ0n) is 13.4. The third-order valence-corrected chi connectivity index (χ3v) is 4.34. The Hall–Kier alpha value is -1.36. The smallest absolute Gasteiger partial charge is 0.234 e. The van der Waals surface area contributed by atoms with Crippen LogP contribution in [-0.2, 0) is 11.3 Å². The van der Waals surface area contributed by atoms with E-state index in [1.165, 1.54) is 32.1 Å². The fraction of sp³-hybridized carbons (Fsp3) is 0.750. The van der Waals surface area contributed by atoms with Crippen LogP contribution in [0.25, 0.3) is 0 Å². The highest BCUT2D eigenvalue weighted by atomic mass is 16.5. The second-order valence-corrected chi connectivity index (χ2v) is 6.28. The molecule has 5 heteroatoms. The summed E-state index contributed by atoms with van der Waals surface area (Å²) in [4.78, 5) is 14.0. The van der Waals surface area contributed by atoms with Gasteiger partial charge in [-0.3, -0.25) is 9.69 Å². The van der Waals surface area contributed by atoms with Crippen LogP contribution >= 0.6 is 0 Å². The topological polar surface area (TPSA) is 58.4 Å². The predicted molar refractivity (Wildman–Crippen MR) is 81.9 cm³/mol. The summed E-state index contributed by atoms with van der Waals surface area (Å²) in [6, 6.07) is 0. The maximum Gasteiger partial charge on any atom is 0.234 e. The van der Waals surface area contributed by atoms with E-state index in [1.807, 2.05) is 25.8 Å². The van der Waals surface area contributed by atoms with Gasteiger partial charge in [0.25, 0.3) is 0 Å². The van der Waals surface area contributed by atoms with E-state index < -0.39 is 0 Å². The molecule has 0 atom stereocenters. The Morgan fingerprint density at radius 3 is 2.67 bits per heavy atom. The van der Waals surface area contributed by atoms with Gasteiger partial charge in [0, 0.05) is 18.7 Å². The summed E-state index contributed by atoms with van der Waals surface area (Å²) in [6.45, 7) is 5.78. The van der Waals surface area contributed by atoms with Gasteiger partial charge in [0.2, 0.25) is 5.91 Å². The van der Waals surface area contributed by atoms with Crippen LogP contribution in [-0.4, -0.2) is 36.1 Å². The molecule has 5 nitrogen and oxygen atoms in total. The molecule has 0 saturated heterocycles. The second-order valence-electron chi connectivity index (χ2n) is 6.28. The van der Waals surface area contributed by atoms with Crippen molar-refractivity contribution in [1.29, 1.82) is 0 Å². The van der Waals surface area contributed by atoms with Crippen molar-refractivity contribution in [2.45, 2.75) is 52.5 Å². The van der Waals surface area contributed by atoms with Gasteiger partial charge in [-0.2, -0.15) is 0 Å². The number of carbonyl (C=O) groups excluding carboxylic acids is 1. The quantitative estimate of drug-likeness (QED) is 0.875. The molecule has 1 heterocycles. The minimum Gasteiger partial charge on any atom is -0.361 e. The lowest BCUT2D eigenvalue weighted by Gasteiger charge is -2.22. The van der Waals surface area contributed by atoms with E-state index in [0.29, 0.717) is 19.0 Å². The summed E-state index contributed by atoms with van der Waals surface area (Å²) in [5, 5.41) is 7.02. The number of likely N-dealkylation sites (N-methyl/N-ethyl adjacent to an activating group) is 1. The first-order valence-electron chi connectivity index (χ1n) is 7.93. The number of carbonyl (C=O) groups is 1. The van der Waals surface area contributed by atoms with Gasteiger partial charge in [-0.15, -0.1) is 0 Å². The third-order valence-electron chi connectivity index (χ3n) is 4.34. The molecular formula is C16H27N3O2. The van der Waals surface area contributed by atoms with Crippen molar-refractivity contribution >= 4 is 5.91 Å². The van der Waals surface area contributed by atoms with Crippen LogP contribution < -0.4 is 5.32 Å². The van der Waals surface area contributed by atoms with Gasteiger partial charge in [-0.25, -0.2) is 0 Å². The lowest BCUT2D eigenvalue weighted by molar-refractivity contribution is -0.122. The Kier molecular flexibility index (Phi) is 5.79. The first kappa shape index (κ1) is 16.0. The Labute approximate surface area is 127 Å². The molecule has 1 saturated carbocycles. The van der Waals surface area contributed by atoms with Crippen LogP contribution in [0.3, 0.4) is 0 Å². The van der Waals surface area contributed by atoms with Crippen LogP contribution in [0.5, 0.6) is 0 Å². The third kappa shape index (κ3) is 4.84. The van der Waals surface area contributed by atoms with Crippen molar-refractivity contribution in [1.82, 2.24) is 15.4 Å². The number of aryl methyl sites for hydroxylation is 2. The van der Waals surface area contributed by atoms with E-state index in [2.05, 4.69) is 10.5 Å². The van der Waals surface area contributed by atoms with Gasteiger partial charge in [0.05, 0.1) is 12.2 Å². The van der Waals surface area contributed by atoms with Gasteiger partial charge >= 0.3 is 0 Å². The molecule has 0 spiro atoms. The molecular weight excluding hydrogens is 266 g/mol. The van der Waals surface area contributed by atoms with Gasteiger partial charge in [-0.1, -0.05) is 24.4 Å². The van der Waals surface area contributed by atoms with Crippen LogP contribution in [0.15, 0.2) is 4.52 Å². The fourth-order valence-corrected chi connectivity index (χ4v) is 3.00. The highest BCUT2D eigenvalue weighted by Gasteiger charge is 2.16. The molecule has 1 aromatic heterocycles. The SMILES string of the molecule is Cc1noc(C)c1CN(C)CC(=O)NCC1CCCCC1. The van der Waals surface area contributed by atoms with E-state index in [1.54, 1.807) is 0 Å². The number of rotatable bonds is 6. The maximum absolute atomic E-state index is 12.0. The van der Waals surface area contributed by atoms with Crippen LogP contribution in [0.1, 0.15) is 49.1 Å². The average Bonchev–Trinajstić information content (AvgIpc) is 2.78. The van der Waals surface area contributed by atoms with Crippen LogP contribution in [0.2, 0.25) is 0 Å². The highest BCUT2D eigenvalue weighted by molar-refractivity contribution is 5.77. The minimum absolute atomic E-state index is 0.106. The molecule has 0 radical (unpaired) electrons. The minimum atomic E-state index is 0.106. The normalized spacial score (nSPS) is 16.4. The van der Waals surface area contributed by atoms with Gasteiger partial charge in [0.15, 0.2) is 0 Å². The number of nitrogens with zero attached hydrogens (tertiary/aromatic N) is 2. The molecule has 1 aliphatic rings. The summed E-state index contributed by atoms with van der Waals surface area (Å²) < 4.78 is 5.15. The van der Waals surface area contributed by atoms with Crippen molar-refractivity contribution < 1.29 is 9.32 Å². The molecule has 1 aliphatic carbocycles. The molecule has 0 bridgehead atoms. The van der Waals surface area contributed by atoms with Crippen molar-refractivity contribution in [2.75, 3.05) is 20.1 Å². The van der Waals surface area contributed by atoms with Crippen LogP contribution in [0, 0.1) is 19.8 Å². The molecule has 0 aliphatic heterocycles. The average molecular weight is 293 g/mol. The van der Waals surface area contributed by atoms with Gasteiger partial charge in [0.1, 0.15) is 5.76 Å². The van der Waals surface area contributed by atoms with Crippen LogP contribution in [0.4, 0.5) is 0 Å². The van der Waals surface area contributed by atoms with E-state index >= 15 is 0 Å². The molecule has 0 unspecified atom stereocenters. The van der Waals surface area contributed by atoms with Crippen molar-refractivity contribution in [2.24, 2.45) is 5.92 Å². The largest absolute Gasteiger partial charge is 0.361 e. The van der Waals surface area contributed by atoms with Gasteiger partial charge < -0.3 is 9.84 Å². The Bertz CT molecular complexity index is 445. The molecule has 2 rings (SSSR count). The lowest BCUT2D eigenvalue weighted by Crippen LogP contribution is -2.37. The van der Waals surface area contributed by atoms with Crippen molar-refractivity contribution in [3.63, 3.8) is 0 Å². The summed E-state index contributed by atoms with van der Waals surface area (Å²) in [7, 11) is 1.95. The monoisotopic (exact) mass is 293 g/mol. The molecule has 1 N–H and O–H groups in total. The summed E-state index contributed by atoms with van der Waals surface area (Å²) >= 11 is 0. The predicted octanol–water partition coefficient (Wildman–Crippen LogP) is 2.42. The van der Waals surface area contributed by atoms with Gasteiger partial charge in [-0.05, 0) is 39.7 Å². The first-order valence-corrected chi connectivity index (χ1v) is 7.93. The molecule has 1 amide bonds. The zero-order chi connectivity index (χ0) is 15.2. The Balaban J connectivity index is 1.71. The zero-order valence-corrected chi connectivity index (χ0v) is 13.4. The molecule has 0 aromatic carbocycles. The number of hydrogen-bond donors (Lipinski definition) is 1. The van der Waals surface area contributed by atoms with Crippen molar-refractivity contribution in [3.05, 3.63) is 17.0 Å². The molecule has 118 valence electrons. The molecule has 21 heavy (non-hydrogen) atoms. The Morgan fingerprint density at radius 2 is 2.05 bits per heavy atom. The maximum atomic E-state index is 12.0. The summed E-state index contributed by atoms with van der Waals surface area (Å²) in [5.41, 5.74) is 1.99. The lowest BCUT2D eigenvalue weighted by atomic mass is 9.89. The summed E-state index contributed by atoms with van der Waals surface area (Å²) in [5.74, 6) is 1.62. The van der Waals surface area contributed by atoms with E-state index in [0.717, 1.165) is 23.6 Å². The number of nitrogens with one attached hydrogen (secondary N) is 1. The molecule has 1 aromatic rings. The Morgan fingerprint density at radius 1 is 1.33 bits per heavy atom. The standard InChI is InChI=1S/C16H27N3O2/c1-12-15(13(2)21-18-12)10-19(3)11-16(20)17-9-14-7-5-4-6-8-14/h14H,4-11H2,1-3H3,(H,17,20). The number of amides is 1. The van der Waals surface area contributed by atoms with Crippen molar-refractivity contribution in [3.8, 4) is 0 Å². The first-order chi connectivity index (χ1) is 10.1. The molecule has 1 fully saturated rings. The fourth-order valence-electron chi connectivity index (χ4n) is 3.00. The second kappa shape index (κ2) is 7.59. The van der Waals surface area contributed by atoms with E-state index in [-0.39, 0.29) is 5.91 Å². The summed E-state index contributed by atoms with van der Waals surface area (Å²) in [6.07, 6.45) is 6.49. The number of hydrogen-bond acceptors (Lipinski definition) is 4. The van der Waals surface area contributed by atoms with E-state index in [9.17, 15) is 4.79 Å².